The first-order valence-corrected chi connectivity index (χ1v) is 8.43. The third-order valence-electron chi connectivity index (χ3n) is 4.47. The van der Waals surface area contributed by atoms with E-state index in [1.54, 1.807) is 0 Å². The Morgan fingerprint density at radius 2 is 2.22 bits per heavy atom. The van der Waals surface area contributed by atoms with Crippen molar-refractivity contribution >= 4 is 41.7 Å². The normalized spacial score (nSPS) is 26.3. The largest absolute Gasteiger partial charge is 0.342 e. The summed E-state index contributed by atoms with van der Waals surface area (Å²) in [6.45, 7) is 4.13. The smallest absolute Gasteiger partial charge is 0.238 e. The van der Waals surface area contributed by atoms with Crippen LogP contribution in [0.5, 0.6) is 0 Å². The molecule has 2 atom stereocenters. The molecule has 0 aliphatic carbocycles. The van der Waals surface area contributed by atoms with E-state index in [2.05, 4.69) is 12.2 Å². The highest BCUT2D eigenvalue weighted by atomic mass is 35.5. The van der Waals surface area contributed by atoms with Crippen molar-refractivity contribution in [2.75, 3.05) is 25.0 Å². The highest BCUT2D eigenvalue weighted by Crippen LogP contribution is 2.37. The molecule has 1 aromatic carbocycles. The first kappa shape index (κ1) is 18.1. The van der Waals surface area contributed by atoms with Crippen LogP contribution in [0.25, 0.3) is 0 Å². The zero-order valence-electron chi connectivity index (χ0n) is 13.1. The van der Waals surface area contributed by atoms with E-state index in [9.17, 15) is 9.59 Å². The molecule has 3 N–H and O–H groups in total. The summed E-state index contributed by atoms with van der Waals surface area (Å²) in [6, 6.07) is 7.68. The Balaban J connectivity index is 0.00000192. The number of nitrogens with two attached hydrogens (primary N) is 1. The lowest BCUT2D eigenvalue weighted by Gasteiger charge is -2.26. The Morgan fingerprint density at radius 3 is 2.91 bits per heavy atom. The number of hydrogen-bond acceptors (Lipinski definition) is 4. The highest BCUT2D eigenvalue weighted by Gasteiger charge is 2.37. The van der Waals surface area contributed by atoms with Gasteiger partial charge in [-0.25, -0.2) is 0 Å². The van der Waals surface area contributed by atoms with Crippen LogP contribution in [0.3, 0.4) is 0 Å². The van der Waals surface area contributed by atoms with Crippen molar-refractivity contribution in [1.29, 1.82) is 0 Å². The van der Waals surface area contributed by atoms with E-state index in [1.807, 2.05) is 29.2 Å². The minimum atomic E-state index is -0.355. The van der Waals surface area contributed by atoms with Gasteiger partial charge in [-0.1, -0.05) is 19.1 Å². The molecular formula is C16H22ClN3O2S. The Labute approximate surface area is 146 Å². The van der Waals surface area contributed by atoms with Gasteiger partial charge >= 0.3 is 0 Å². The maximum absolute atomic E-state index is 12.5. The molecule has 0 aromatic heterocycles. The van der Waals surface area contributed by atoms with Gasteiger partial charge in [0.15, 0.2) is 0 Å². The van der Waals surface area contributed by atoms with E-state index in [0.29, 0.717) is 13.1 Å². The van der Waals surface area contributed by atoms with Crippen molar-refractivity contribution in [3.8, 4) is 0 Å². The molecule has 5 nitrogen and oxygen atoms in total. The maximum atomic E-state index is 12.5. The molecule has 23 heavy (non-hydrogen) atoms. The fourth-order valence-electron chi connectivity index (χ4n) is 2.92. The average molecular weight is 356 g/mol. The number of benzene rings is 1. The van der Waals surface area contributed by atoms with E-state index >= 15 is 0 Å². The predicted octanol–water partition coefficient (Wildman–Crippen LogP) is 2.11. The molecule has 3 rings (SSSR count). The number of nitrogens with one attached hydrogen (secondary N) is 1. The molecule has 0 bridgehead atoms. The van der Waals surface area contributed by atoms with Crippen LogP contribution in [0.15, 0.2) is 29.2 Å². The van der Waals surface area contributed by atoms with E-state index in [0.717, 1.165) is 23.5 Å². The second-order valence-electron chi connectivity index (χ2n) is 6.38. The number of amides is 2. The van der Waals surface area contributed by atoms with Gasteiger partial charge in [-0.2, -0.15) is 0 Å². The van der Waals surface area contributed by atoms with Crippen LogP contribution in [0.1, 0.15) is 19.8 Å². The number of halogens is 1. The van der Waals surface area contributed by atoms with Crippen molar-refractivity contribution in [2.45, 2.75) is 29.9 Å². The van der Waals surface area contributed by atoms with Crippen LogP contribution < -0.4 is 11.1 Å². The Kier molecular flexibility index (Phi) is 5.60. The molecule has 126 valence electrons. The molecule has 0 saturated carbocycles. The van der Waals surface area contributed by atoms with Crippen molar-refractivity contribution in [3.63, 3.8) is 0 Å². The minimum Gasteiger partial charge on any atom is -0.342 e. The summed E-state index contributed by atoms with van der Waals surface area (Å²) in [5.41, 5.74) is 6.63. The first-order valence-electron chi connectivity index (χ1n) is 7.55. The molecule has 7 heteroatoms. The van der Waals surface area contributed by atoms with Crippen LogP contribution in [0, 0.1) is 5.41 Å². The molecule has 2 amide bonds. The zero-order chi connectivity index (χ0) is 15.7. The Bertz CT molecular complexity index is 613. The van der Waals surface area contributed by atoms with Gasteiger partial charge in [0.2, 0.25) is 11.8 Å². The number of nitrogens with zero attached hydrogens (tertiary/aromatic N) is 1. The number of carbonyl (C=O) groups is 2. The molecular weight excluding hydrogens is 334 g/mol. The maximum Gasteiger partial charge on any atom is 0.238 e. The van der Waals surface area contributed by atoms with Gasteiger partial charge in [-0.15, -0.1) is 24.2 Å². The number of rotatable bonds is 3. The number of carbonyl (C=O) groups excluding carboxylic acids is 2. The molecule has 1 aromatic rings. The number of fused-ring (bicyclic) bond motifs is 1. The molecule has 0 spiro atoms. The standard InChI is InChI=1S/C16H21N3O2S.ClH/c1-16(9-17)6-7-19(10-16)14(20)8-13-15(21)18-11-4-2-3-5-12(11)22-13;/h2-5,13H,6-10,17H2,1H3,(H,18,21);1H. The Morgan fingerprint density at radius 1 is 1.48 bits per heavy atom. The molecule has 1 saturated heterocycles. The second-order valence-corrected chi connectivity index (χ2v) is 7.62. The third-order valence-corrected chi connectivity index (χ3v) is 5.75. The lowest BCUT2D eigenvalue weighted by molar-refractivity contribution is -0.132. The van der Waals surface area contributed by atoms with Crippen LogP contribution in [-0.4, -0.2) is 41.6 Å². The second kappa shape index (κ2) is 7.11. The number of thioether (sulfide) groups is 1. The van der Waals surface area contributed by atoms with Gasteiger partial charge in [0.25, 0.3) is 0 Å². The summed E-state index contributed by atoms with van der Waals surface area (Å²) < 4.78 is 0. The minimum absolute atomic E-state index is 0. The van der Waals surface area contributed by atoms with Crippen molar-refractivity contribution in [1.82, 2.24) is 4.90 Å². The summed E-state index contributed by atoms with van der Waals surface area (Å²) in [6.07, 6.45) is 1.17. The lowest BCUT2D eigenvalue weighted by atomic mass is 9.90. The summed E-state index contributed by atoms with van der Waals surface area (Å²) in [5, 5.41) is 2.53. The Hall–Kier alpha value is -1.24. The predicted molar refractivity (Wildman–Crippen MR) is 94.9 cm³/mol. The monoisotopic (exact) mass is 355 g/mol. The van der Waals surface area contributed by atoms with Crippen molar-refractivity contribution in [2.24, 2.45) is 11.1 Å². The van der Waals surface area contributed by atoms with E-state index < -0.39 is 0 Å². The first-order chi connectivity index (χ1) is 10.5. The fourth-order valence-corrected chi connectivity index (χ4v) is 4.02. The van der Waals surface area contributed by atoms with Gasteiger partial charge in [-0.05, 0) is 30.5 Å². The summed E-state index contributed by atoms with van der Waals surface area (Å²) in [7, 11) is 0. The number of para-hydroxylation sites is 1. The zero-order valence-corrected chi connectivity index (χ0v) is 14.7. The van der Waals surface area contributed by atoms with Crippen LogP contribution in [0.2, 0.25) is 0 Å². The molecule has 2 aliphatic heterocycles. The number of anilines is 1. The van der Waals surface area contributed by atoms with Gasteiger partial charge < -0.3 is 16.0 Å². The van der Waals surface area contributed by atoms with E-state index in [4.69, 9.17) is 5.73 Å². The molecule has 0 radical (unpaired) electrons. The van der Waals surface area contributed by atoms with Gasteiger partial charge in [-0.3, -0.25) is 9.59 Å². The van der Waals surface area contributed by atoms with Gasteiger partial charge in [0, 0.05) is 24.4 Å². The van der Waals surface area contributed by atoms with Crippen molar-refractivity contribution < 1.29 is 9.59 Å². The molecule has 2 heterocycles. The summed E-state index contributed by atoms with van der Waals surface area (Å²) in [4.78, 5) is 27.5. The summed E-state index contributed by atoms with van der Waals surface area (Å²) >= 11 is 1.47. The lowest BCUT2D eigenvalue weighted by Crippen LogP contribution is -2.38. The average Bonchev–Trinajstić information content (AvgIpc) is 2.91. The molecule has 2 aliphatic rings. The van der Waals surface area contributed by atoms with E-state index in [1.165, 1.54) is 11.8 Å². The SMILES string of the molecule is CC1(CN)CCN(C(=O)CC2Sc3ccccc3NC2=O)C1.Cl. The molecule has 2 unspecified atom stereocenters. The topological polar surface area (TPSA) is 75.4 Å². The van der Waals surface area contributed by atoms with Crippen LogP contribution in [0.4, 0.5) is 5.69 Å². The molecule has 1 fully saturated rings. The van der Waals surface area contributed by atoms with Crippen LogP contribution in [-0.2, 0) is 9.59 Å². The third kappa shape index (κ3) is 3.82. The highest BCUT2D eigenvalue weighted by molar-refractivity contribution is 8.01. The quantitative estimate of drug-likeness (QED) is 0.870. The van der Waals surface area contributed by atoms with Crippen molar-refractivity contribution in [3.05, 3.63) is 24.3 Å². The van der Waals surface area contributed by atoms with Gasteiger partial charge in [0.1, 0.15) is 0 Å². The number of likely N-dealkylation sites (tertiary alicyclic amines) is 1. The van der Waals surface area contributed by atoms with E-state index in [-0.39, 0.29) is 41.3 Å². The number of hydrogen-bond donors (Lipinski definition) is 2. The fraction of sp³-hybridized carbons (Fsp3) is 0.500. The van der Waals surface area contributed by atoms with Crippen LogP contribution >= 0.6 is 24.2 Å². The van der Waals surface area contributed by atoms with Gasteiger partial charge in [0.05, 0.1) is 10.9 Å². The summed E-state index contributed by atoms with van der Waals surface area (Å²) in [5.74, 6) is -0.0398.